The Balaban J connectivity index is 2.05. The molecule has 0 aliphatic rings. The summed E-state index contributed by atoms with van der Waals surface area (Å²) in [5.74, 6) is -0.242. The number of fused-ring (bicyclic) bond motifs is 1. The smallest absolute Gasteiger partial charge is 0.407 e. The number of carboxylic acid groups (broad SMARTS) is 1. The molecule has 2 rings (SSSR count). The number of hydrogen-bond donors (Lipinski definition) is 3. The second-order valence-electron chi connectivity index (χ2n) is 6.65. The van der Waals surface area contributed by atoms with Gasteiger partial charge in [-0.05, 0) is 58.2 Å². The van der Waals surface area contributed by atoms with Gasteiger partial charge < -0.3 is 20.1 Å². The number of rotatable bonds is 5. The van der Waals surface area contributed by atoms with Crippen LogP contribution in [0.3, 0.4) is 0 Å². The first kappa shape index (κ1) is 17.8. The summed E-state index contributed by atoms with van der Waals surface area (Å²) in [6, 6.07) is 3.31. The average molecular weight is 333 g/mol. The molecule has 0 unspecified atom stereocenters. The molecular weight excluding hydrogens is 310 g/mol. The summed E-state index contributed by atoms with van der Waals surface area (Å²) in [6.45, 7) is 7.62. The van der Waals surface area contributed by atoms with E-state index in [0.717, 1.165) is 11.3 Å². The molecule has 0 spiro atoms. The van der Waals surface area contributed by atoms with Gasteiger partial charge in [-0.25, -0.2) is 14.6 Å². The predicted octanol–water partition coefficient (Wildman–Crippen LogP) is 3.03. The van der Waals surface area contributed by atoms with E-state index in [1.165, 1.54) is 0 Å². The van der Waals surface area contributed by atoms with E-state index in [2.05, 4.69) is 15.3 Å². The molecule has 0 aliphatic carbocycles. The number of carbonyl (C=O) groups excluding carboxylic acids is 1. The average Bonchev–Trinajstić information content (AvgIpc) is 2.81. The fourth-order valence-electron chi connectivity index (χ4n) is 2.48. The van der Waals surface area contributed by atoms with E-state index in [1.54, 1.807) is 32.9 Å². The van der Waals surface area contributed by atoms with Crippen molar-refractivity contribution >= 4 is 23.1 Å². The Hall–Kier alpha value is -2.57. The van der Waals surface area contributed by atoms with Crippen LogP contribution >= 0.6 is 0 Å². The van der Waals surface area contributed by atoms with Gasteiger partial charge >= 0.3 is 12.1 Å². The van der Waals surface area contributed by atoms with Gasteiger partial charge in [0.15, 0.2) is 0 Å². The summed E-state index contributed by atoms with van der Waals surface area (Å²) >= 11 is 0. The summed E-state index contributed by atoms with van der Waals surface area (Å²) in [5, 5.41) is 12.1. The van der Waals surface area contributed by atoms with Gasteiger partial charge in [-0.2, -0.15) is 0 Å². The Bertz CT molecular complexity index is 759. The van der Waals surface area contributed by atoms with Gasteiger partial charge in [0.1, 0.15) is 11.4 Å². The lowest BCUT2D eigenvalue weighted by atomic mass is 10.0. The van der Waals surface area contributed by atoms with Gasteiger partial charge in [0.2, 0.25) is 0 Å². The molecule has 7 heteroatoms. The van der Waals surface area contributed by atoms with Gasteiger partial charge in [0, 0.05) is 6.54 Å². The highest BCUT2D eigenvalue weighted by Crippen LogP contribution is 2.22. The second kappa shape index (κ2) is 6.90. The van der Waals surface area contributed by atoms with Crippen molar-refractivity contribution in [3.05, 3.63) is 29.1 Å². The SMILES string of the molecule is Cc1nc2c(CCCNC(=O)OC(C)(C)C)c(C(=O)O)ccc2[nH]1. The minimum atomic E-state index is -0.979. The van der Waals surface area contributed by atoms with Crippen LogP contribution < -0.4 is 5.32 Å². The van der Waals surface area contributed by atoms with Crippen LogP contribution in [0.25, 0.3) is 11.0 Å². The topological polar surface area (TPSA) is 104 Å². The van der Waals surface area contributed by atoms with Crippen LogP contribution in [0.1, 0.15) is 48.9 Å². The van der Waals surface area contributed by atoms with E-state index < -0.39 is 17.7 Å². The van der Waals surface area contributed by atoms with E-state index >= 15 is 0 Å². The third kappa shape index (κ3) is 4.47. The number of H-pyrrole nitrogens is 1. The second-order valence-corrected chi connectivity index (χ2v) is 6.65. The highest BCUT2D eigenvalue weighted by atomic mass is 16.6. The number of carbonyl (C=O) groups is 2. The maximum Gasteiger partial charge on any atom is 0.407 e. The first-order valence-corrected chi connectivity index (χ1v) is 7.86. The first-order chi connectivity index (χ1) is 11.2. The Morgan fingerprint density at radius 2 is 2.04 bits per heavy atom. The zero-order valence-corrected chi connectivity index (χ0v) is 14.4. The lowest BCUT2D eigenvalue weighted by Gasteiger charge is -2.19. The molecular formula is C17H23N3O4. The summed E-state index contributed by atoms with van der Waals surface area (Å²) in [6.07, 6.45) is 0.610. The van der Waals surface area contributed by atoms with Crippen molar-refractivity contribution in [2.75, 3.05) is 6.54 Å². The van der Waals surface area contributed by atoms with Crippen molar-refractivity contribution < 1.29 is 19.4 Å². The maximum atomic E-state index is 11.6. The molecule has 3 N–H and O–H groups in total. The molecule has 1 amide bonds. The van der Waals surface area contributed by atoms with Gasteiger partial charge in [-0.15, -0.1) is 0 Å². The third-order valence-electron chi connectivity index (χ3n) is 3.38. The summed E-state index contributed by atoms with van der Waals surface area (Å²) < 4.78 is 5.16. The molecule has 0 saturated heterocycles. The van der Waals surface area contributed by atoms with Crippen molar-refractivity contribution in [3.63, 3.8) is 0 Å². The molecule has 130 valence electrons. The van der Waals surface area contributed by atoms with Gasteiger partial charge in [0.05, 0.1) is 16.6 Å². The highest BCUT2D eigenvalue weighted by Gasteiger charge is 2.17. The number of benzene rings is 1. The molecule has 2 aromatic rings. The number of aromatic carboxylic acids is 1. The van der Waals surface area contributed by atoms with E-state index in [9.17, 15) is 14.7 Å². The zero-order valence-electron chi connectivity index (χ0n) is 14.4. The predicted molar refractivity (Wildman–Crippen MR) is 90.3 cm³/mol. The zero-order chi connectivity index (χ0) is 17.9. The first-order valence-electron chi connectivity index (χ1n) is 7.86. The number of amides is 1. The Morgan fingerprint density at radius 1 is 1.33 bits per heavy atom. The number of aryl methyl sites for hydroxylation is 2. The number of aromatic amines is 1. The quantitative estimate of drug-likeness (QED) is 0.730. The van der Waals surface area contributed by atoms with Crippen molar-refractivity contribution in [2.24, 2.45) is 0 Å². The number of imidazole rings is 1. The van der Waals surface area contributed by atoms with Crippen LogP contribution in [0, 0.1) is 6.92 Å². The molecule has 0 bridgehead atoms. The molecule has 0 atom stereocenters. The van der Waals surface area contributed by atoms with Crippen LogP contribution in [-0.4, -0.2) is 39.3 Å². The van der Waals surface area contributed by atoms with Crippen LogP contribution in [0.15, 0.2) is 12.1 Å². The van der Waals surface area contributed by atoms with Crippen LogP contribution in [-0.2, 0) is 11.2 Å². The van der Waals surface area contributed by atoms with Gasteiger partial charge in [-0.1, -0.05) is 0 Å². The van der Waals surface area contributed by atoms with Crippen molar-refractivity contribution in [1.29, 1.82) is 0 Å². The molecule has 0 radical (unpaired) electrons. The molecule has 7 nitrogen and oxygen atoms in total. The number of carboxylic acids is 1. The Morgan fingerprint density at radius 3 is 2.67 bits per heavy atom. The maximum absolute atomic E-state index is 11.6. The van der Waals surface area contributed by atoms with Crippen LogP contribution in [0.5, 0.6) is 0 Å². The number of ether oxygens (including phenoxy) is 1. The monoisotopic (exact) mass is 333 g/mol. The normalized spacial score (nSPS) is 11.5. The van der Waals surface area contributed by atoms with E-state index in [4.69, 9.17) is 4.74 Å². The van der Waals surface area contributed by atoms with Gasteiger partial charge in [-0.3, -0.25) is 0 Å². The lowest BCUT2D eigenvalue weighted by Crippen LogP contribution is -2.33. The van der Waals surface area contributed by atoms with Crippen LogP contribution in [0.2, 0.25) is 0 Å². The molecule has 1 heterocycles. The fourth-order valence-corrected chi connectivity index (χ4v) is 2.48. The van der Waals surface area contributed by atoms with Crippen molar-refractivity contribution in [1.82, 2.24) is 15.3 Å². The summed E-state index contributed by atoms with van der Waals surface area (Å²) in [7, 11) is 0. The number of alkyl carbamates (subject to hydrolysis) is 1. The number of aromatic nitrogens is 2. The Kier molecular flexibility index (Phi) is 5.11. The van der Waals surface area contributed by atoms with E-state index in [0.29, 0.717) is 30.5 Å². The lowest BCUT2D eigenvalue weighted by molar-refractivity contribution is 0.0526. The molecule has 1 aromatic carbocycles. The number of nitrogens with zero attached hydrogens (tertiary/aromatic N) is 1. The highest BCUT2D eigenvalue weighted by molar-refractivity contribution is 5.95. The fraction of sp³-hybridized carbons (Fsp3) is 0.471. The van der Waals surface area contributed by atoms with E-state index in [-0.39, 0.29) is 5.56 Å². The molecule has 1 aromatic heterocycles. The third-order valence-corrected chi connectivity index (χ3v) is 3.38. The Labute approximate surface area is 140 Å². The largest absolute Gasteiger partial charge is 0.478 e. The molecule has 24 heavy (non-hydrogen) atoms. The summed E-state index contributed by atoms with van der Waals surface area (Å²) in [5.41, 5.74) is 1.86. The minimum absolute atomic E-state index is 0.242. The molecule has 0 saturated carbocycles. The minimum Gasteiger partial charge on any atom is -0.478 e. The molecule has 0 fully saturated rings. The van der Waals surface area contributed by atoms with Crippen molar-refractivity contribution in [2.45, 2.75) is 46.1 Å². The number of hydrogen-bond acceptors (Lipinski definition) is 4. The molecule has 0 aliphatic heterocycles. The summed E-state index contributed by atoms with van der Waals surface area (Å²) in [4.78, 5) is 30.6. The van der Waals surface area contributed by atoms with Crippen LogP contribution in [0.4, 0.5) is 4.79 Å². The standard InChI is InChI=1S/C17H23N3O4/c1-10-19-13-8-7-12(15(21)22)11(14(13)20-10)6-5-9-18-16(23)24-17(2,3)4/h7-8H,5-6,9H2,1-4H3,(H,18,23)(H,19,20)(H,21,22). The van der Waals surface area contributed by atoms with Crippen molar-refractivity contribution in [3.8, 4) is 0 Å². The van der Waals surface area contributed by atoms with E-state index in [1.807, 2.05) is 6.92 Å². The number of nitrogens with one attached hydrogen (secondary N) is 2. The van der Waals surface area contributed by atoms with Gasteiger partial charge in [0.25, 0.3) is 0 Å².